The normalized spacial score (nSPS) is 21.0. The molecule has 2 aromatic carbocycles. The quantitative estimate of drug-likeness (QED) is 0.715. The molecule has 2 heterocycles. The van der Waals surface area contributed by atoms with Crippen molar-refractivity contribution in [2.75, 3.05) is 20.2 Å². The number of piperidine rings is 1. The summed E-state index contributed by atoms with van der Waals surface area (Å²) in [6, 6.07) is 12.3. The predicted octanol–water partition coefficient (Wildman–Crippen LogP) is 3.82. The number of aryl methyl sites for hydroxylation is 1. The van der Waals surface area contributed by atoms with E-state index >= 15 is 0 Å². The SMILES string of the molecule is COc1ccc2c(c1)[C@H](NC(=O)C1CCN(S(=O)(=O)c3ccc(C)cc3)CC1)CC(C)(C)O2. The monoisotopic (exact) mass is 472 g/mol. The van der Waals surface area contributed by atoms with E-state index in [-0.39, 0.29) is 17.9 Å². The zero-order valence-corrected chi connectivity index (χ0v) is 20.4. The van der Waals surface area contributed by atoms with E-state index in [1.165, 1.54) is 4.31 Å². The lowest BCUT2D eigenvalue weighted by Crippen LogP contribution is -2.46. The Morgan fingerprint density at radius 3 is 2.42 bits per heavy atom. The molecule has 33 heavy (non-hydrogen) atoms. The summed E-state index contributed by atoms with van der Waals surface area (Å²) in [5, 5.41) is 3.20. The van der Waals surface area contributed by atoms with Crippen molar-refractivity contribution in [3.8, 4) is 11.5 Å². The van der Waals surface area contributed by atoms with E-state index < -0.39 is 15.6 Å². The zero-order chi connectivity index (χ0) is 23.8. The molecule has 2 aromatic rings. The number of nitrogens with zero attached hydrogens (tertiary/aromatic N) is 1. The van der Waals surface area contributed by atoms with Gasteiger partial charge < -0.3 is 14.8 Å². The van der Waals surface area contributed by atoms with Gasteiger partial charge in [-0.15, -0.1) is 0 Å². The molecule has 7 nitrogen and oxygen atoms in total. The van der Waals surface area contributed by atoms with E-state index in [0.717, 1.165) is 16.9 Å². The predicted molar refractivity (Wildman–Crippen MR) is 126 cm³/mol. The third-order valence-corrected chi connectivity index (χ3v) is 8.39. The van der Waals surface area contributed by atoms with E-state index in [9.17, 15) is 13.2 Å². The van der Waals surface area contributed by atoms with Crippen LogP contribution >= 0.6 is 0 Å². The molecule has 0 aromatic heterocycles. The van der Waals surface area contributed by atoms with Crippen molar-refractivity contribution in [2.45, 2.75) is 56.6 Å². The van der Waals surface area contributed by atoms with Crippen LogP contribution in [0, 0.1) is 12.8 Å². The van der Waals surface area contributed by atoms with Gasteiger partial charge in [-0.3, -0.25) is 4.79 Å². The third kappa shape index (κ3) is 5.01. The number of carbonyl (C=O) groups excluding carboxylic acids is 1. The molecule has 4 rings (SSSR count). The smallest absolute Gasteiger partial charge is 0.243 e. The Labute approximate surface area is 196 Å². The van der Waals surface area contributed by atoms with E-state index in [4.69, 9.17) is 9.47 Å². The number of hydrogen-bond donors (Lipinski definition) is 1. The van der Waals surface area contributed by atoms with Gasteiger partial charge in [-0.2, -0.15) is 4.31 Å². The molecule has 1 N–H and O–H groups in total. The van der Waals surface area contributed by atoms with Crippen LogP contribution in [-0.2, 0) is 14.8 Å². The van der Waals surface area contributed by atoms with Crippen LogP contribution in [0.4, 0.5) is 0 Å². The molecular formula is C25H32N2O5S. The first kappa shape index (κ1) is 23.6. The van der Waals surface area contributed by atoms with Gasteiger partial charge in [0.2, 0.25) is 15.9 Å². The number of fused-ring (bicyclic) bond motifs is 1. The van der Waals surface area contributed by atoms with E-state index in [1.54, 1.807) is 31.4 Å². The summed E-state index contributed by atoms with van der Waals surface area (Å²) in [6.07, 6.45) is 1.63. The van der Waals surface area contributed by atoms with Crippen LogP contribution in [-0.4, -0.2) is 44.4 Å². The van der Waals surface area contributed by atoms with Gasteiger partial charge in [0.1, 0.15) is 17.1 Å². The molecule has 0 unspecified atom stereocenters. The van der Waals surface area contributed by atoms with Crippen LogP contribution in [0.2, 0.25) is 0 Å². The lowest BCUT2D eigenvalue weighted by Gasteiger charge is -2.39. The fourth-order valence-corrected chi connectivity index (χ4v) is 6.07. The third-order valence-electron chi connectivity index (χ3n) is 6.47. The van der Waals surface area contributed by atoms with Crippen molar-refractivity contribution < 1.29 is 22.7 Å². The Hall–Kier alpha value is -2.58. The van der Waals surface area contributed by atoms with Gasteiger partial charge in [-0.1, -0.05) is 17.7 Å². The fourth-order valence-electron chi connectivity index (χ4n) is 4.60. The summed E-state index contributed by atoms with van der Waals surface area (Å²) in [4.78, 5) is 13.5. The number of rotatable bonds is 5. The highest BCUT2D eigenvalue weighted by atomic mass is 32.2. The molecule has 0 bridgehead atoms. The zero-order valence-electron chi connectivity index (χ0n) is 19.6. The summed E-state index contributed by atoms with van der Waals surface area (Å²) < 4.78 is 38.9. The molecule has 2 aliphatic heterocycles. The molecule has 0 spiro atoms. The second-order valence-corrected chi connectivity index (χ2v) is 11.5. The summed E-state index contributed by atoms with van der Waals surface area (Å²) in [5.41, 5.74) is 1.51. The Bertz CT molecular complexity index is 1120. The van der Waals surface area contributed by atoms with E-state index in [1.807, 2.05) is 39.0 Å². The molecule has 0 saturated carbocycles. The van der Waals surface area contributed by atoms with Crippen molar-refractivity contribution in [1.82, 2.24) is 9.62 Å². The van der Waals surface area contributed by atoms with Gasteiger partial charge in [0.15, 0.2) is 0 Å². The summed E-state index contributed by atoms with van der Waals surface area (Å²) in [6.45, 7) is 6.60. The minimum Gasteiger partial charge on any atom is -0.497 e. The summed E-state index contributed by atoms with van der Waals surface area (Å²) in [5.74, 6) is 1.19. The van der Waals surface area contributed by atoms with Gasteiger partial charge in [-0.25, -0.2) is 8.42 Å². The first-order valence-corrected chi connectivity index (χ1v) is 12.8. The molecule has 8 heteroatoms. The van der Waals surface area contributed by atoms with Gasteiger partial charge in [0, 0.05) is 31.0 Å². The molecule has 0 aliphatic carbocycles. The number of benzene rings is 2. The maximum Gasteiger partial charge on any atom is 0.243 e. The number of carbonyl (C=O) groups is 1. The Morgan fingerprint density at radius 1 is 1.12 bits per heavy atom. The maximum absolute atomic E-state index is 13.2. The van der Waals surface area contributed by atoms with E-state index in [2.05, 4.69) is 5.32 Å². The number of nitrogens with one attached hydrogen (secondary N) is 1. The molecule has 2 aliphatic rings. The number of sulfonamides is 1. The van der Waals surface area contributed by atoms with Crippen molar-refractivity contribution in [3.05, 3.63) is 53.6 Å². The van der Waals surface area contributed by atoms with Crippen LogP contribution in [0.25, 0.3) is 0 Å². The van der Waals surface area contributed by atoms with Crippen molar-refractivity contribution in [2.24, 2.45) is 5.92 Å². The molecule has 1 fully saturated rings. The lowest BCUT2D eigenvalue weighted by molar-refractivity contribution is -0.127. The molecule has 178 valence electrons. The molecule has 1 atom stereocenters. The maximum atomic E-state index is 13.2. The first-order chi connectivity index (χ1) is 15.6. The summed E-state index contributed by atoms with van der Waals surface area (Å²) in [7, 11) is -1.93. The van der Waals surface area contributed by atoms with Gasteiger partial charge >= 0.3 is 0 Å². The second kappa shape index (κ2) is 8.99. The minimum absolute atomic E-state index is 0.0427. The number of amides is 1. The Balaban J connectivity index is 1.43. The summed E-state index contributed by atoms with van der Waals surface area (Å²) >= 11 is 0. The average Bonchev–Trinajstić information content (AvgIpc) is 2.78. The number of ether oxygens (including phenoxy) is 2. The van der Waals surface area contributed by atoms with Crippen LogP contribution in [0.5, 0.6) is 11.5 Å². The number of methoxy groups -OCH3 is 1. The topological polar surface area (TPSA) is 84.9 Å². The van der Waals surface area contributed by atoms with E-state index in [0.29, 0.717) is 43.0 Å². The molecule has 0 radical (unpaired) electrons. The second-order valence-electron chi connectivity index (χ2n) is 9.52. The Morgan fingerprint density at radius 2 is 1.79 bits per heavy atom. The molecule has 1 amide bonds. The highest BCUT2D eigenvalue weighted by Crippen LogP contribution is 2.41. The van der Waals surface area contributed by atoms with Crippen LogP contribution in [0.3, 0.4) is 0 Å². The largest absolute Gasteiger partial charge is 0.497 e. The van der Waals surface area contributed by atoms with Crippen LogP contribution in [0.1, 0.15) is 50.3 Å². The van der Waals surface area contributed by atoms with Crippen molar-refractivity contribution in [3.63, 3.8) is 0 Å². The van der Waals surface area contributed by atoms with Crippen LogP contribution < -0.4 is 14.8 Å². The van der Waals surface area contributed by atoms with Gasteiger partial charge in [-0.05, 0) is 63.9 Å². The fraction of sp³-hybridized carbons (Fsp3) is 0.480. The average molecular weight is 473 g/mol. The van der Waals surface area contributed by atoms with Crippen LogP contribution in [0.15, 0.2) is 47.4 Å². The number of hydrogen-bond acceptors (Lipinski definition) is 5. The Kier molecular flexibility index (Phi) is 6.42. The highest BCUT2D eigenvalue weighted by molar-refractivity contribution is 7.89. The lowest BCUT2D eigenvalue weighted by atomic mass is 9.88. The minimum atomic E-state index is -3.55. The van der Waals surface area contributed by atoms with Gasteiger partial charge in [0.25, 0.3) is 0 Å². The molecular weight excluding hydrogens is 440 g/mol. The van der Waals surface area contributed by atoms with Crippen molar-refractivity contribution >= 4 is 15.9 Å². The molecule has 1 saturated heterocycles. The highest BCUT2D eigenvalue weighted by Gasteiger charge is 2.37. The van der Waals surface area contributed by atoms with Crippen molar-refractivity contribution in [1.29, 1.82) is 0 Å². The standard InChI is InChI=1S/C25H32N2O5S/c1-17-5-8-20(9-6-17)33(29,30)27-13-11-18(12-14-27)24(28)26-22-16-25(2,3)32-23-10-7-19(31-4)15-21(22)23/h5-10,15,18,22H,11-14,16H2,1-4H3,(H,26,28)/t22-/m1/s1. The first-order valence-electron chi connectivity index (χ1n) is 11.3. The van der Waals surface area contributed by atoms with Gasteiger partial charge in [0.05, 0.1) is 18.0 Å².